The second-order valence-corrected chi connectivity index (χ2v) is 3.84. The molecule has 0 saturated heterocycles. The maximum Gasteiger partial charge on any atom is 0.307 e. The van der Waals surface area contributed by atoms with E-state index in [0.29, 0.717) is 13.0 Å². The highest BCUT2D eigenvalue weighted by molar-refractivity contribution is 5.83. The maximum absolute atomic E-state index is 11.1. The van der Waals surface area contributed by atoms with Gasteiger partial charge in [-0.15, -0.1) is 0 Å². The zero-order valence-electron chi connectivity index (χ0n) is 9.56. The quantitative estimate of drug-likeness (QED) is 0.740. The fraction of sp³-hybridized carbons (Fsp3) is 0.308. The minimum atomic E-state index is -0.172. The van der Waals surface area contributed by atoms with Crippen LogP contribution in [0.15, 0.2) is 30.5 Å². The molecule has 0 radical (unpaired) electrons. The predicted molar refractivity (Wildman–Crippen MR) is 63.3 cm³/mol. The highest BCUT2D eigenvalue weighted by Crippen LogP contribution is 2.19. The molecule has 1 aromatic heterocycles. The molecule has 3 heteroatoms. The average molecular weight is 217 g/mol. The van der Waals surface area contributed by atoms with Gasteiger partial charge in [-0.3, -0.25) is 4.79 Å². The van der Waals surface area contributed by atoms with Crippen LogP contribution in [-0.4, -0.2) is 17.6 Å². The van der Waals surface area contributed by atoms with Crippen molar-refractivity contribution < 1.29 is 9.53 Å². The normalized spacial score (nSPS) is 10.6. The highest BCUT2D eigenvalue weighted by atomic mass is 16.5. The molecule has 0 unspecified atom stereocenters. The number of nitrogens with zero attached hydrogens (tertiary/aromatic N) is 1. The Balaban J connectivity index is 2.25. The summed E-state index contributed by atoms with van der Waals surface area (Å²) in [5.74, 6) is -0.172. The molecule has 3 nitrogen and oxygen atoms in total. The van der Waals surface area contributed by atoms with Gasteiger partial charge in [-0.1, -0.05) is 12.1 Å². The number of ether oxygens (including phenoxy) is 1. The van der Waals surface area contributed by atoms with Crippen molar-refractivity contribution in [1.29, 1.82) is 0 Å². The molecule has 0 amide bonds. The zero-order valence-corrected chi connectivity index (χ0v) is 9.56. The number of carbonyl (C=O) groups is 1. The lowest BCUT2D eigenvalue weighted by molar-refractivity contribution is -0.140. The van der Waals surface area contributed by atoms with Crippen LogP contribution in [0.4, 0.5) is 0 Å². The average Bonchev–Trinajstić information content (AvgIpc) is 2.70. The zero-order chi connectivity index (χ0) is 11.5. The summed E-state index contributed by atoms with van der Waals surface area (Å²) in [5.41, 5.74) is 2.43. The molecule has 84 valence electrons. The molecule has 0 bridgehead atoms. The smallest absolute Gasteiger partial charge is 0.307 e. The van der Waals surface area contributed by atoms with Crippen molar-refractivity contribution >= 4 is 16.9 Å². The van der Waals surface area contributed by atoms with Crippen molar-refractivity contribution in [2.45, 2.75) is 19.9 Å². The van der Waals surface area contributed by atoms with Gasteiger partial charge in [-0.05, 0) is 24.6 Å². The molecule has 0 spiro atoms. The highest BCUT2D eigenvalue weighted by Gasteiger charge is 2.05. The summed E-state index contributed by atoms with van der Waals surface area (Å²) < 4.78 is 6.71. The Morgan fingerprint density at radius 3 is 2.94 bits per heavy atom. The van der Waals surface area contributed by atoms with E-state index in [4.69, 9.17) is 0 Å². The van der Waals surface area contributed by atoms with Gasteiger partial charge in [0.25, 0.3) is 0 Å². The van der Waals surface area contributed by atoms with Crippen molar-refractivity contribution in [3.63, 3.8) is 0 Å². The Morgan fingerprint density at radius 2 is 2.19 bits per heavy atom. The van der Waals surface area contributed by atoms with Gasteiger partial charge >= 0.3 is 5.97 Å². The number of hydrogen-bond acceptors (Lipinski definition) is 2. The molecule has 0 aliphatic rings. The van der Waals surface area contributed by atoms with E-state index in [-0.39, 0.29) is 5.97 Å². The van der Waals surface area contributed by atoms with Crippen LogP contribution in [0.3, 0.4) is 0 Å². The topological polar surface area (TPSA) is 31.2 Å². The molecular weight excluding hydrogens is 202 g/mol. The lowest BCUT2D eigenvalue weighted by Gasteiger charge is -2.04. The molecular formula is C13H15NO2. The molecule has 1 heterocycles. The van der Waals surface area contributed by atoms with Crippen LogP contribution in [-0.2, 0) is 16.1 Å². The van der Waals surface area contributed by atoms with E-state index in [1.807, 2.05) is 12.3 Å². The fourth-order valence-electron chi connectivity index (χ4n) is 1.89. The van der Waals surface area contributed by atoms with E-state index < -0.39 is 0 Å². The monoisotopic (exact) mass is 217 g/mol. The third kappa shape index (κ3) is 1.94. The summed E-state index contributed by atoms with van der Waals surface area (Å²) >= 11 is 0. The minimum absolute atomic E-state index is 0.172. The van der Waals surface area contributed by atoms with Crippen LogP contribution in [0.2, 0.25) is 0 Å². The number of methoxy groups -OCH3 is 1. The van der Waals surface area contributed by atoms with Crippen molar-refractivity contribution in [1.82, 2.24) is 4.57 Å². The first-order valence-electron chi connectivity index (χ1n) is 5.33. The van der Waals surface area contributed by atoms with E-state index >= 15 is 0 Å². The first-order valence-corrected chi connectivity index (χ1v) is 5.33. The first-order chi connectivity index (χ1) is 7.72. The number of carbonyl (C=O) groups excluding carboxylic acids is 1. The Labute approximate surface area is 94.6 Å². The number of benzene rings is 1. The molecule has 0 N–H and O–H groups in total. The van der Waals surface area contributed by atoms with Crippen LogP contribution in [0, 0.1) is 6.92 Å². The van der Waals surface area contributed by atoms with Crippen LogP contribution in [0.1, 0.15) is 12.0 Å². The first kappa shape index (κ1) is 10.7. The third-order valence-corrected chi connectivity index (χ3v) is 2.82. The number of fused-ring (bicyclic) bond motifs is 1. The molecule has 1 aromatic carbocycles. The number of hydrogen-bond donors (Lipinski definition) is 0. The molecule has 0 fully saturated rings. The largest absolute Gasteiger partial charge is 0.469 e. The predicted octanol–water partition coefficient (Wildman–Crippen LogP) is 2.51. The Morgan fingerprint density at radius 1 is 1.38 bits per heavy atom. The summed E-state index contributed by atoms with van der Waals surface area (Å²) in [4.78, 5) is 11.1. The second-order valence-electron chi connectivity index (χ2n) is 3.84. The van der Waals surface area contributed by atoms with E-state index in [1.54, 1.807) is 0 Å². The van der Waals surface area contributed by atoms with Gasteiger partial charge in [0, 0.05) is 23.6 Å². The SMILES string of the molecule is COC(=O)CCn1ccc2c(C)cccc21. The van der Waals surface area contributed by atoms with Crippen LogP contribution in [0.25, 0.3) is 10.9 Å². The number of rotatable bonds is 3. The molecule has 2 rings (SSSR count). The van der Waals surface area contributed by atoms with Gasteiger partial charge in [0.2, 0.25) is 0 Å². The molecule has 0 aliphatic heterocycles. The lowest BCUT2D eigenvalue weighted by Crippen LogP contribution is -2.06. The van der Waals surface area contributed by atoms with Crippen molar-refractivity contribution in [2.24, 2.45) is 0 Å². The minimum Gasteiger partial charge on any atom is -0.469 e. The van der Waals surface area contributed by atoms with Gasteiger partial charge in [-0.2, -0.15) is 0 Å². The Hall–Kier alpha value is -1.77. The summed E-state index contributed by atoms with van der Waals surface area (Å²) in [7, 11) is 1.42. The van der Waals surface area contributed by atoms with Crippen LogP contribution >= 0.6 is 0 Å². The van der Waals surface area contributed by atoms with Gasteiger partial charge in [0.05, 0.1) is 13.5 Å². The number of aryl methyl sites for hydroxylation is 2. The summed E-state index contributed by atoms with van der Waals surface area (Å²) in [6.45, 7) is 2.76. The molecule has 16 heavy (non-hydrogen) atoms. The summed E-state index contributed by atoms with van der Waals surface area (Å²) in [5, 5.41) is 1.24. The van der Waals surface area contributed by atoms with E-state index in [1.165, 1.54) is 23.6 Å². The Kier molecular flexibility index (Phi) is 2.95. The maximum atomic E-state index is 11.1. The molecule has 0 aliphatic carbocycles. The molecule has 0 saturated carbocycles. The van der Waals surface area contributed by atoms with Gasteiger partial charge in [0.15, 0.2) is 0 Å². The summed E-state index contributed by atoms with van der Waals surface area (Å²) in [6, 6.07) is 8.28. The Bertz CT molecular complexity index is 514. The van der Waals surface area contributed by atoms with Crippen molar-refractivity contribution in [2.75, 3.05) is 7.11 Å². The van der Waals surface area contributed by atoms with Gasteiger partial charge < -0.3 is 9.30 Å². The van der Waals surface area contributed by atoms with Gasteiger partial charge in [0.1, 0.15) is 0 Å². The van der Waals surface area contributed by atoms with Crippen LogP contribution < -0.4 is 0 Å². The summed E-state index contributed by atoms with van der Waals surface area (Å²) in [6.07, 6.45) is 2.43. The molecule has 2 aromatic rings. The van der Waals surface area contributed by atoms with E-state index in [2.05, 4.69) is 34.4 Å². The molecule has 0 atom stereocenters. The van der Waals surface area contributed by atoms with Crippen LogP contribution in [0.5, 0.6) is 0 Å². The fourth-order valence-corrected chi connectivity index (χ4v) is 1.89. The van der Waals surface area contributed by atoms with E-state index in [9.17, 15) is 4.79 Å². The standard InChI is InChI=1S/C13H15NO2/c1-10-4-3-5-12-11(10)6-8-14(12)9-7-13(15)16-2/h3-6,8H,7,9H2,1-2H3. The van der Waals surface area contributed by atoms with Crippen molar-refractivity contribution in [3.05, 3.63) is 36.0 Å². The van der Waals surface area contributed by atoms with Crippen molar-refractivity contribution in [3.8, 4) is 0 Å². The number of esters is 1. The number of aromatic nitrogens is 1. The second kappa shape index (κ2) is 4.39. The lowest BCUT2D eigenvalue weighted by atomic mass is 10.1. The third-order valence-electron chi connectivity index (χ3n) is 2.82. The van der Waals surface area contributed by atoms with E-state index in [0.717, 1.165) is 0 Å². The van der Waals surface area contributed by atoms with Gasteiger partial charge in [-0.25, -0.2) is 0 Å².